The molecule has 17 heavy (non-hydrogen) atoms. The summed E-state index contributed by atoms with van der Waals surface area (Å²) in [7, 11) is 0. The number of unbranched alkanes of at least 4 members (excludes halogenated alkanes) is 6. The predicted molar refractivity (Wildman–Crippen MR) is 71.5 cm³/mol. The van der Waals surface area contributed by atoms with E-state index in [0.717, 1.165) is 18.4 Å². The van der Waals surface area contributed by atoms with E-state index in [1.54, 1.807) is 12.1 Å². The molecule has 0 aliphatic carbocycles. The first-order valence-corrected chi connectivity index (χ1v) is 6.74. The number of aromatic hydroxyl groups is 2. The smallest absolute Gasteiger partial charge is 0.119 e. The van der Waals surface area contributed by atoms with Crippen LogP contribution >= 0.6 is 0 Å². The Morgan fingerprint density at radius 1 is 0.765 bits per heavy atom. The molecule has 1 rings (SSSR count). The number of hydrogen-bond acceptors (Lipinski definition) is 2. The first-order valence-electron chi connectivity index (χ1n) is 6.74. The van der Waals surface area contributed by atoms with Gasteiger partial charge in [-0.15, -0.1) is 0 Å². The first-order chi connectivity index (χ1) is 8.22. The summed E-state index contributed by atoms with van der Waals surface area (Å²) in [5.74, 6) is 0.311. The molecule has 0 aliphatic rings. The highest BCUT2D eigenvalue weighted by Crippen LogP contribution is 2.21. The highest BCUT2D eigenvalue weighted by molar-refractivity contribution is 5.36. The molecule has 0 heterocycles. The zero-order chi connectivity index (χ0) is 12.5. The van der Waals surface area contributed by atoms with Gasteiger partial charge in [-0.05, 0) is 30.5 Å². The van der Waals surface area contributed by atoms with Crippen LogP contribution in [0.3, 0.4) is 0 Å². The molecule has 0 radical (unpaired) electrons. The van der Waals surface area contributed by atoms with Crippen molar-refractivity contribution in [1.82, 2.24) is 0 Å². The van der Waals surface area contributed by atoms with Crippen LogP contribution in [0.1, 0.15) is 57.4 Å². The number of phenolic OH excluding ortho intramolecular Hbond substituents is 2. The second-order valence-corrected chi connectivity index (χ2v) is 4.73. The molecule has 96 valence electrons. The molecule has 1 aromatic rings. The molecule has 0 spiro atoms. The molecular formula is C15H24O2. The van der Waals surface area contributed by atoms with Crippen LogP contribution in [0.4, 0.5) is 0 Å². The van der Waals surface area contributed by atoms with Gasteiger partial charge in [-0.25, -0.2) is 0 Å². The van der Waals surface area contributed by atoms with Crippen molar-refractivity contribution in [3.8, 4) is 11.5 Å². The standard InChI is InChI=1S/C15H24O2/c1-2-3-4-5-6-7-8-9-13-10-14(16)12-15(17)11-13/h10-12,16-17H,2-9H2,1H3. The van der Waals surface area contributed by atoms with Crippen molar-refractivity contribution in [3.05, 3.63) is 23.8 Å². The van der Waals surface area contributed by atoms with Gasteiger partial charge in [0.05, 0.1) is 0 Å². The van der Waals surface area contributed by atoms with Crippen molar-refractivity contribution in [2.24, 2.45) is 0 Å². The van der Waals surface area contributed by atoms with Crippen LogP contribution in [0.25, 0.3) is 0 Å². The van der Waals surface area contributed by atoms with Crippen molar-refractivity contribution in [3.63, 3.8) is 0 Å². The normalized spacial score (nSPS) is 10.6. The second kappa shape index (κ2) is 7.99. The number of rotatable bonds is 8. The summed E-state index contributed by atoms with van der Waals surface area (Å²) in [6.07, 6.45) is 9.93. The van der Waals surface area contributed by atoms with Crippen LogP contribution < -0.4 is 0 Å². The summed E-state index contributed by atoms with van der Waals surface area (Å²) in [4.78, 5) is 0. The molecule has 0 atom stereocenters. The summed E-state index contributed by atoms with van der Waals surface area (Å²) in [5.41, 5.74) is 1.02. The zero-order valence-electron chi connectivity index (χ0n) is 10.8. The van der Waals surface area contributed by atoms with Crippen LogP contribution in [0.15, 0.2) is 18.2 Å². The molecule has 2 N–H and O–H groups in total. The highest BCUT2D eigenvalue weighted by atomic mass is 16.3. The number of aryl methyl sites for hydroxylation is 1. The lowest BCUT2D eigenvalue weighted by Gasteiger charge is -2.04. The lowest BCUT2D eigenvalue weighted by atomic mass is 10.0. The van der Waals surface area contributed by atoms with E-state index in [4.69, 9.17) is 0 Å². The van der Waals surface area contributed by atoms with Gasteiger partial charge in [-0.3, -0.25) is 0 Å². The lowest BCUT2D eigenvalue weighted by Crippen LogP contribution is -1.86. The van der Waals surface area contributed by atoms with Gasteiger partial charge in [0.25, 0.3) is 0 Å². The van der Waals surface area contributed by atoms with Crippen LogP contribution in [0.2, 0.25) is 0 Å². The average Bonchev–Trinajstić information content (AvgIpc) is 2.26. The van der Waals surface area contributed by atoms with Crippen LogP contribution in [-0.2, 0) is 6.42 Å². The Bertz CT molecular complexity index is 300. The topological polar surface area (TPSA) is 40.5 Å². The Hall–Kier alpha value is -1.18. The molecule has 0 aliphatic heterocycles. The van der Waals surface area contributed by atoms with Gasteiger partial charge in [-0.1, -0.05) is 45.4 Å². The monoisotopic (exact) mass is 236 g/mol. The lowest BCUT2D eigenvalue weighted by molar-refractivity contribution is 0.449. The van der Waals surface area contributed by atoms with Crippen LogP contribution in [-0.4, -0.2) is 10.2 Å². The number of hydrogen-bond donors (Lipinski definition) is 2. The van der Waals surface area contributed by atoms with Gasteiger partial charge < -0.3 is 10.2 Å². The number of benzene rings is 1. The van der Waals surface area contributed by atoms with Crippen molar-refractivity contribution < 1.29 is 10.2 Å². The van der Waals surface area contributed by atoms with Crippen molar-refractivity contribution in [2.75, 3.05) is 0 Å². The molecule has 2 nitrogen and oxygen atoms in total. The Kier molecular flexibility index (Phi) is 6.53. The molecule has 0 fully saturated rings. The summed E-state index contributed by atoms with van der Waals surface area (Å²) in [5, 5.41) is 18.7. The van der Waals surface area contributed by atoms with Gasteiger partial charge in [0, 0.05) is 6.07 Å². The summed E-state index contributed by atoms with van der Waals surface area (Å²) >= 11 is 0. The van der Waals surface area contributed by atoms with E-state index in [2.05, 4.69) is 6.92 Å². The molecule has 1 aromatic carbocycles. The van der Waals surface area contributed by atoms with Gasteiger partial charge >= 0.3 is 0 Å². The van der Waals surface area contributed by atoms with E-state index in [9.17, 15) is 10.2 Å². The van der Waals surface area contributed by atoms with Crippen molar-refractivity contribution >= 4 is 0 Å². The van der Waals surface area contributed by atoms with Crippen LogP contribution in [0, 0.1) is 0 Å². The van der Waals surface area contributed by atoms with E-state index in [1.165, 1.54) is 44.6 Å². The van der Waals surface area contributed by atoms with E-state index in [0.29, 0.717) is 0 Å². The van der Waals surface area contributed by atoms with E-state index in [-0.39, 0.29) is 11.5 Å². The molecule has 0 unspecified atom stereocenters. The average molecular weight is 236 g/mol. The van der Waals surface area contributed by atoms with E-state index in [1.807, 2.05) is 0 Å². The number of phenols is 2. The maximum atomic E-state index is 9.33. The Morgan fingerprint density at radius 3 is 1.88 bits per heavy atom. The SMILES string of the molecule is CCCCCCCCCc1cc(O)cc(O)c1. The summed E-state index contributed by atoms with van der Waals surface area (Å²) < 4.78 is 0. The van der Waals surface area contributed by atoms with Crippen LogP contribution in [0.5, 0.6) is 11.5 Å². The minimum Gasteiger partial charge on any atom is -0.508 e. The third-order valence-electron chi connectivity index (χ3n) is 3.03. The molecule has 0 amide bonds. The largest absolute Gasteiger partial charge is 0.508 e. The van der Waals surface area contributed by atoms with E-state index < -0.39 is 0 Å². The Morgan fingerprint density at radius 2 is 1.29 bits per heavy atom. The first kappa shape index (κ1) is 13.9. The molecule has 0 saturated heterocycles. The van der Waals surface area contributed by atoms with Crippen molar-refractivity contribution in [1.29, 1.82) is 0 Å². The fraction of sp³-hybridized carbons (Fsp3) is 0.600. The molecule has 2 heteroatoms. The molecule has 0 saturated carbocycles. The van der Waals surface area contributed by atoms with Crippen molar-refractivity contribution in [2.45, 2.75) is 58.3 Å². The minimum atomic E-state index is 0.156. The highest BCUT2D eigenvalue weighted by Gasteiger charge is 1.99. The van der Waals surface area contributed by atoms with Gasteiger partial charge in [0.2, 0.25) is 0 Å². The molecular weight excluding hydrogens is 212 g/mol. The van der Waals surface area contributed by atoms with Gasteiger partial charge in [0.15, 0.2) is 0 Å². The quantitative estimate of drug-likeness (QED) is 0.657. The third-order valence-corrected chi connectivity index (χ3v) is 3.03. The fourth-order valence-corrected chi connectivity index (χ4v) is 2.09. The van der Waals surface area contributed by atoms with Gasteiger partial charge in [-0.2, -0.15) is 0 Å². The minimum absolute atomic E-state index is 0.156. The molecule has 0 bridgehead atoms. The van der Waals surface area contributed by atoms with Gasteiger partial charge in [0.1, 0.15) is 11.5 Å². The van der Waals surface area contributed by atoms with E-state index >= 15 is 0 Å². The third kappa shape index (κ3) is 6.20. The fourth-order valence-electron chi connectivity index (χ4n) is 2.09. The zero-order valence-corrected chi connectivity index (χ0v) is 10.8. The maximum Gasteiger partial charge on any atom is 0.119 e. The summed E-state index contributed by atoms with van der Waals surface area (Å²) in [6, 6.07) is 4.84. The Balaban J connectivity index is 2.13. The summed E-state index contributed by atoms with van der Waals surface area (Å²) in [6.45, 7) is 2.23. The predicted octanol–water partition coefficient (Wildman–Crippen LogP) is 4.39. The Labute approximate surface area is 104 Å². The second-order valence-electron chi connectivity index (χ2n) is 4.73. The maximum absolute atomic E-state index is 9.33. The molecule has 0 aromatic heterocycles.